The van der Waals surface area contributed by atoms with Crippen molar-refractivity contribution in [1.29, 1.82) is 0 Å². The van der Waals surface area contributed by atoms with Gasteiger partial charge < -0.3 is 0 Å². The van der Waals surface area contributed by atoms with Crippen LogP contribution in [0.3, 0.4) is 0 Å². The quantitative estimate of drug-likeness (QED) is 0.706. The fraction of sp³-hybridized carbons (Fsp3) is 0.389. The van der Waals surface area contributed by atoms with Crippen LogP contribution >= 0.6 is 0 Å². The van der Waals surface area contributed by atoms with Crippen molar-refractivity contribution < 1.29 is 4.79 Å². The van der Waals surface area contributed by atoms with Crippen molar-refractivity contribution in [3.63, 3.8) is 0 Å². The maximum absolute atomic E-state index is 12.4. The molecule has 2 rings (SSSR count). The molecule has 0 N–H and O–H groups in total. The van der Waals surface area contributed by atoms with Crippen LogP contribution < -0.4 is 0 Å². The molecule has 0 unspecified atom stereocenters. The van der Waals surface area contributed by atoms with E-state index in [1.807, 2.05) is 18.2 Å². The molecule has 0 aliphatic heterocycles. The molecule has 0 radical (unpaired) electrons. The molecule has 1 aromatic rings. The van der Waals surface area contributed by atoms with E-state index >= 15 is 0 Å². The van der Waals surface area contributed by atoms with E-state index in [2.05, 4.69) is 45.9 Å². The van der Waals surface area contributed by atoms with E-state index in [9.17, 15) is 4.79 Å². The fourth-order valence-corrected chi connectivity index (χ4v) is 2.32. The van der Waals surface area contributed by atoms with Gasteiger partial charge in [0.15, 0.2) is 5.78 Å². The maximum Gasteiger partial charge on any atom is 0.166 e. The number of rotatable bonds is 3. The predicted molar refractivity (Wildman–Crippen MR) is 80.5 cm³/mol. The first kappa shape index (κ1) is 13.8. The lowest BCUT2D eigenvalue weighted by Crippen LogP contribution is -2.12. The van der Waals surface area contributed by atoms with Gasteiger partial charge >= 0.3 is 0 Å². The topological polar surface area (TPSA) is 17.1 Å². The minimum atomic E-state index is 0.0837. The molecule has 1 aromatic carbocycles. The third-order valence-corrected chi connectivity index (χ3v) is 3.71. The lowest BCUT2D eigenvalue weighted by molar-refractivity contribution is 0.0992. The summed E-state index contributed by atoms with van der Waals surface area (Å²) in [6.07, 6.45) is 5.71. The molecule has 19 heavy (non-hydrogen) atoms. The van der Waals surface area contributed by atoms with Gasteiger partial charge in [0.05, 0.1) is 0 Å². The van der Waals surface area contributed by atoms with Gasteiger partial charge in [0.1, 0.15) is 0 Å². The van der Waals surface area contributed by atoms with E-state index in [4.69, 9.17) is 0 Å². The van der Waals surface area contributed by atoms with Crippen LogP contribution in [0.4, 0.5) is 0 Å². The number of benzene rings is 1. The van der Waals surface area contributed by atoms with Crippen LogP contribution in [-0.4, -0.2) is 5.78 Å². The van der Waals surface area contributed by atoms with Gasteiger partial charge in [-0.3, -0.25) is 4.79 Å². The maximum atomic E-state index is 12.4. The zero-order valence-corrected chi connectivity index (χ0v) is 12.3. The average molecular weight is 254 g/mol. The SMILES string of the molecule is CC1=C(CC(=O)c2cccc(C(C)(C)C)c2)CC=C1. The van der Waals surface area contributed by atoms with E-state index in [1.54, 1.807) is 0 Å². The van der Waals surface area contributed by atoms with Crippen molar-refractivity contribution in [2.75, 3.05) is 0 Å². The molecule has 1 aliphatic carbocycles. The van der Waals surface area contributed by atoms with Gasteiger partial charge in [-0.1, -0.05) is 62.3 Å². The summed E-state index contributed by atoms with van der Waals surface area (Å²) in [5.74, 6) is 0.226. The zero-order valence-electron chi connectivity index (χ0n) is 12.3. The highest BCUT2D eigenvalue weighted by Gasteiger charge is 2.17. The molecule has 0 aromatic heterocycles. The van der Waals surface area contributed by atoms with Gasteiger partial charge in [0.2, 0.25) is 0 Å². The van der Waals surface area contributed by atoms with Crippen LogP contribution in [-0.2, 0) is 5.41 Å². The van der Waals surface area contributed by atoms with Gasteiger partial charge in [-0.2, -0.15) is 0 Å². The van der Waals surface area contributed by atoms with Crippen LogP contribution in [0, 0.1) is 0 Å². The highest BCUT2D eigenvalue weighted by Crippen LogP contribution is 2.26. The second-order valence-electron chi connectivity index (χ2n) is 6.32. The Hall–Kier alpha value is -1.63. The van der Waals surface area contributed by atoms with E-state index in [0.717, 1.165) is 12.0 Å². The highest BCUT2D eigenvalue weighted by atomic mass is 16.1. The number of allylic oxidation sites excluding steroid dienone is 4. The molecule has 1 aliphatic rings. The van der Waals surface area contributed by atoms with Crippen molar-refractivity contribution in [1.82, 2.24) is 0 Å². The van der Waals surface area contributed by atoms with E-state index < -0.39 is 0 Å². The average Bonchev–Trinajstić information content (AvgIpc) is 2.74. The molecule has 1 heteroatoms. The molecule has 1 nitrogen and oxygen atoms in total. The van der Waals surface area contributed by atoms with Gasteiger partial charge in [0.25, 0.3) is 0 Å². The van der Waals surface area contributed by atoms with Crippen LogP contribution in [0.5, 0.6) is 0 Å². The number of hydrogen-bond acceptors (Lipinski definition) is 1. The Balaban J connectivity index is 2.18. The van der Waals surface area contributed by atoms with Gasteiger partial charge in [-0.05, 0) is 30.4 Å². The summed E-state index contributed by atoms with van der Waals surface area (Å²) in [5.41, 5.74) is 4.64. The third-order valence-electron chi connectivity index (χ3n) is 3.71. The van der Waals surface area contributed by atoms with Crippen LogP contribution in [0.2, 0.25) is 0 Å². The van der Waals surface area contributed by atoms with Gasteiger partial charge in [-0.15, -0.1) is 0 Å². The first-order valence-electron chi connectivity index (χ1n) is 6.87. The second-order valence-corrected chi connectivity index (χ2v) is 6.32. The molecule has 0 saturated heterocycles. The Morgan fingerprint density at radius 2 is 2.00 bits per heavy atom. The summed E-state index contributed by atoms with van der Waals surface area (Å²) in [4.78, 5) is 12.4. The van der Waals surface area contributed by atoms with Gasteiger partial charge in [-0.25, -0.2) is 0 Å². The van der Waals surface area contributed by atoms with Crippen molar-refractivity contribution in [3.8, 4) is 0 Å². The minimum absolute atomic E-state index is 0.0837. The number of carbonyl (C=O) groups is 1. The van der Waals surface area contributed by atoms with Crippen molar-refractivity contribution >= 4 is 5.78 Å². The molecular weight excluding hydrogens is 232 g/mol. The normalized spacial score (nSPS) is 15.2. The first-order chi connectivity index (χ1) is 8.88. The van der Waals surface area contributed by atoms with Crippen molar-refractivity contribution in [2.24, 2.45) is 0 Å². The Kier molecular flexibility index (Phi) is 3.75. The lowest BCUT2D eigenvalue weighted by Gasteiger charge is -2.19. The summed E-state index contributed by atoms with van der Waals surface area (Å²) in [6, 6.07) is 8.05. The van der Waals surface area contributed by atoms with Crippen LogP contribution in [0.25, 0.3) is 0 Å². The van der Waals surface area contributed by atoms with E-state index in [1.165, 1.54) is 16.7 Å². The molecule has 0 amide bonds. The van der Waals surface area contributed by atoms with Crippen LogP contribution in [0.1, 0.15) is 56.5 Å². The third kappa shape index (κ3) is 3.23. The summed E-state index contributed by atoms with van der Waals surface area (Å²) in [6.45, 7) is 8.59. The Morgan fingerprint density at radius 3 is 2.58 bits per heavy atom. The first-order valence-corrected chi connectivity index (χ1v) is 6.87. The Labute approximate surface area is 116 Å². The molecule has 0 saturated carbocycles. The number of Topliss-reactive ketones (excluding diaryl/α,β-unsaturated/α-hetero) is 1. The van der Waals surface area contributed by atoms with E-state index in [0.29, 0.717) is 6.42 Å². The van der Waals surface area contributed by atoms with Crippen molar-refractivity contribution in [3.05, 3.63) is 58.7 Å². The zero-order chi connectivity index (χ0) is 14.0. The number of hydrogen-bond donors (Lipinski definition) is 0. The molecule has 0 heterocycles. The van der Waals surface area contributed by atoms with Crippen LogP contribution in [0.15, 0.2) is 47.6 Å². The minimum Gasteiger partial charge on any atom is -0.294 e. The molecule has 0 fully saturated rings. The van der Waals surface area contributed by atoms with Crippen molar-refractivity contribution in [2.45, 2.75) is 46.0 Å². The second kappa shape index (κ2) is 5.16. The Morgan fingerprint density at radius 1 is 1.26 bits per heavy atom. The molecule has 100 valence electrons. The number of ketones is 1. The Bertz CT molecular complexity index is 553. The lowest BCUT2D eigenvalue weighted by atomic mass is 9.85. The monoisotopic (exact) mass is 254 g/mol. The molecular formula is C18H22O. The summed E-state index contributed by atoms with van der Waals surface area (Å²) < 4.78 is 0. The summed E-state index contributed by atoms with van der Waals surface area (Å²) in [7, 11) is 0. The molecule has 0 atom stereocenters. The smallest absolute Gasteiger partial charge is 0.166 e. The standard InChI is InChI=1S/C18H22O/c1-13-7-5-8-14(13)12-17(19)15-9-6-10-16(11-15)18(2,3)4/h5-7,9-11H,8,12H2,1-4H3. The predicted octanol–water partition coefficient (Wildman–Crippen LogP) is 4.83. The summed E-state index contributed by atoms with van der Waals surface area (Å²) in [5, 5.41) is 0. The number of carbonyl (C=O) groups excluding carboxylic acids is 1. The molecule has 0 spiro atoms. The fourth-order valence-electron chi connectivity index (χ4n) is 2.32. The summed E-state index contributed by atoms with van der Waals surface area (Å²) >= 11 is 0. The highest BCUT2D eigenvalue weighted by molar-refractivity contribution is 5.98. The molecule has 0 bridgehead atoms. The largest absolute Gasteiger partial charge is 0.294 e. The van der Waals surface area contributed by atoms with E-state index in [-0.39, 0.29) is 11.2 Å². The van der Waals surface area contributed by atoms with Gasteiger partial charge in [0, 0.05) is 12.0 Å².